The van der Waals surface area contributed by atoms with Crippen LogP contribution in [0.1, 0.15) is 37.8 Å². The second kappa shape index (κ2) is 10.2. The van der Waals surface area contributed by atoms with Gasteiger partial charge in [0.1, 0.15) is 0 Å². The fourth-order valence-electron chi connectivity index (χ4n) is 4.06. The normalized spacial score (nSPS) is 25.3. The van der Waals surface area contributed by atoms with Gasteiger partial charge in [0.2, 0.25) is 0 Å². The minimum atomic E-state index is -0.417. The molecule has 158 valence electrons. The van der Waals surface area contributed by atoms with Crippen molar-refractivity contribution < 1.29 is 4.74 Å². The Balaban J connectivity index is 2.10. The van der Waals surface area contributed by atoms with Gasteiger partial charge in [-0.1, -0.05) is 37.0 Å². The van der Waals surface area contributed by atoms with E-state index in [0.717, 1.165) is 32.1 Å². The molecule has 30 heavy (non-hydrogen) atoms. The molecule has 2 aliphatic rings. The number of aliphatic imine (C=N–C) groups is 1. The van der Waals surface area contributed by atoms with E-state index in [9.17, 15) is 9.59 Å². The van der Waals surface area contributed by atoms with E-state index in [1.54, 1.807) is 7.11 Å². The van der Waals surface area contributed by atoms with Crippen LogP contribution in [-0.4, -0.2) is 29.1 Å². The number of ether oxygens (including phenoxy) is 1. The topological polar surface area (TPSA) is 65.6 Å². The first kappa shape index (κ1) is 21.7. The fraction of sp³-hybridized carbons (Fsp3) is 0.375. The highest BCUT2D eigenvalue weighted by molar-refractivity contribution is 5.69. The highest BCUT2D eigenvalue weighted by Gasteiger charge is 2.24. The number of methoxy groups -OCH3 is 1. The Hall–Kier alpha value is -2.99. The maximum absolute atomic E-state index is 13.5. The van der Waals surface area contributed by atoms with E-state index in [1.165, 1.54) is 15.2 Å². The molecular formula is C24H29N3O3. The first-order valence-electron chi connectivity index (χ1n) is 10.3. The molecule has 0 aromatic carbocycles. The molecule has 1 aromatic rings. The van der Waals surface area contributed by atoms with Crippen molar-refractivity contribution in [2.75, 3.05) is 7.11 Å². The summed E-state index contributed by atoms with van der Waals surface area (Å²) in [5.41, 5.74) is 0.353. The van der Waals surface area contributed by atoms with Crippen molar-refractivity contribution in [3.05, 3.63) is 75.6 Å². The average Bonchev–Trinajstić information content (AvgIpc) is 2.90. The molecule has 0 unspecified atom stereocenters. The maximum Gasteiger partial charge on any atom is 0.336 e. The lowest BCUT2D eigenvalue weighted by Gasteiger charge is -2.28. The molecule has 0 radical (unpaired) electrons. The highest BCUT2D eigenvalue weighted by Crippen LogP contribution is 2.27. The van der Waals surface area contributed by atoms with Gasteiger partial charge < -0.3 is 4.74 Å². The van der Waals surface area contributed by atoms with Crippen LogP contribution < -0.4 is 11.2 Å². The van der Waals surface area contributed by atoms with E-state index in [1.807, 2.05) is 42.5 Å². The largest absolute Gasteiger partial charge is 0.381 e. The van der Waals surface area contributed by atoms with Crippen LogP contribution in [0.5, 0.6) is 0 Å². The lowest BCUT2D eigenvalue weighted by Crippen LogP contribution is -2.42. The number of rotatable bonds is 6. The second-order valence-electron chi connectivity index (χ2n) is 7.55. The molecule has 0 atom stereocenters. The van der Waals surface area contributed by atoms with E-state index in [0.29, 0.717) is 17.9 Å². The summed E-state index contributed by atoms with van der Waals surface area (Å²) >= 11 is 0. The van der Waals surface area contributed by atoms with E-state index in [4.69, 9.17) is 4.74 Å². The Morgan fingerprint density at radius 1 is 1.17 bits per heavy atom. The molecule has 1 fully saturated rings. The molecule has 6 heteroatoms. The number of nitrogens with zero attached hydrogens (tertiary/aromatic N) is 3. The van der Waals surface area contributed by atoms with Crippen molar-refractivity contribution in [2.45, 2.75) is 44.8 Å². The maximum atomic E-state index is 13.5. The molecule has 2 aliphatic carbocycles. The Labute approximate surface area is 176 Å². The van der Waals surface area contributed by atoms with Crippen LogP contribution in [0, 0.1) is 5.92 Å². The van der Waals surface area contributed by atoms with Crippen LogP contribution in [0.3, 0.4) is 0 Å². The lowest BCUT2D eigenvalue weighted by molar-refractivity contribution is 0.0538. The quantitative estimate of drug-likeness (QED) is 0.667. The van der Waals surface area contributed by atoms with Gasteiger partial charge in [-0.2, -0.15) is 0 Å². The zero-order chi connectivity index (χ0) is 21.5. The van der Waals surface area contributed by atoms with E-state index in [2.05, 4.69) is 18.3 Å². The molecule has 1 heterocycles. The second-order valence-corrected chi connectivity index (χ2v) is 7.55. The van der Waals surface area contributed by atoms with Crippen molar-refractivity contribution in [3.63, 3.8) is 0 Å². The number of allylic oxidation sites excluding steroid dienone is 8. The van der Waals surface area contributed by atoms with Gasteiger partial charge in [0.05, 0.1) is 17.5 Å². The van der Waals surface area contributed by atoms with E-state index < -0.39 is 5.56 Å². The molecule has 1 aromatic heterocycles. The first-order valence-corrected chi connectivity index (χ1v) is 10.3. The van der Waals surface area contributed by atoms with Gasteiger partial charge in [-0.25, -0.2) is 4.79 Å². The molecule has 0 aliphatic heterocycles. The van der Waals surface area contributed by atoms with Crippen LogP contribution in [-0.2, 0) is 11.3 Å². The molecule has 0 N–H and O–H groups in total. The van der Waals surface area contributed by atoms with Crippen molar-refractivity contribution in [2.24, 2.45) is 10.9 Å². The molecule has 0 saturated heterocycles. The summed E-state index contributed by atoms with van der Waals surface area (Å²) in [4.78, 5) is 30.5. The molecule has 6 nitrogen and oxygen atoms in total. The zero-order valence-electron chi connectivity index (χ0n) is 17.5. The number of aromatic nitrogens is 2. The van der Waals surface area contributed by atoms with Gasteiger partial charge >= 0.3 is 5.69 Å². The number of hydrogen-bond acceptors (Lipinski definition) is 4. The van der Waals surface area contributed by atoms with Crippen molar-refractivity contribution in [1.29, 1.82) is 0 Å². The molecule has 0 spiro atoms. The van der Waals surface area contributed by atoms with Crippen LogP contribution in [0.2, 0.25) is 0 Å². The summed E-state index contributed by atoms with van der Waals surface area (Å²) in [6.07, 6.45) is 19.6. The summed E-state index contributed by atoms with van der Waals surface area (Å²) in [7, 11) is 1.73. The van der Waals surface area contributed by atoms with E-state index in [-0.39, 0.29) is 23.4 Å². The predicted octanol–water partition coefficient (Wildman–Crippen LogP) is 4.10. The standard InChI is InChI=1S/C24H29N3O3/c1-4-21-22(25-2)23(28)26(17-18-13-15-20(30-3)16-14-18)24(29)27(21)19-11-9-7-5-6-8-10-12-19/h4-7,9-12,18,20H,1-2,8,13-17H2,3H3/b6-5-,9-7-,12-10?,19-11-. The SMILES string of the molecule is C=Cc1c(N=C)c(=O)n(CC2CCC(OC)CC2)c(=O)n1\C1=C/C=C\C=C/CC=C1. The lowest BCUT2D eigenvalue weighted by atomic mass is 9.87. The first-order chi connectivity index (χ1) is 14.6. The smallest absolute Gasteiger partial charge is 0.336 e. The third-order valence-electron chi connectivity index (χ3n) is 5.72. The molecule has 0 amide bonds. The van der Waals surface area contributed by atoms with Crippen LogP contribution in [0.25, 0.3) is 11.8 Å². The average molecular weight is 408 g/mol. The molecular weight excluding hydrogens is 378 g/mol. The molecule has 3 rings (SSSR count). The van der Waals surface area contributed by atoms with Crippen LogP contribution in [0.15, 0.2) is 63.7 Å². The number of hydrogen-bond donors (Lipinski definition) is 0. The Morgan fingerprint density at radius 3 is 2.60 bits per heavy atom. The van der Waals surface area contributed by atoms with Crippen LogP contribution in [0.4, 0.5) is 5.69 Å². The van der Waals surface area contributed by atoms with Crippen molar-refractivity contribution >= 4 is 24.2 Å². The minimum Gasteiger partial charge on any atom is -0.381 e. The van der Waals surface area contributed by atoms with E-state index >= 15 is 0 Å². The van der Waals surface area contributed by atoms with Crippen molar-refractivity contribution in [1.82, 2.24) is 9.13 Å². The Morgan fingerprint density at radius 2 is 1.93 bits per heavy atom. The summed E-state index contributed by atoms with van der Waals surface area (Å²) in [5.74, 6) is 0.247. The van der Waals surface area contributed by atoms with Crippen molar-refractivity contribution in [3.8, 4) is 0 Å². The summed E-state index contributed by atoms with van der Waals surface area (Å²) < 4.78 is 8.25. The summed E-state index contributed by atoms with van der Waals surface area (Å²) in [6, 6.07) is 0. The molecule has 1 saturated carbocycles. The van der Waals surface area contributed by atoms with Gasteiger partial charge in [0, 0.05) is 13.7 Å². The third-order valence-corrected chi connectivity index (χ3v) is 5.72. The van der Waals surface area contributed by atoms with Gasteiger partial charge in [-0.3, -0.25) is 18.9 Å². The minimum absolute atomic E-state index is 0.145. The van der Waals surface area contributed by atoms with Crippen LogP contribution >= 0.6 is 0 Å². The van der Waals surface area contributed by atoms with Gasteiger partial charge in [-0.15, -0.1) is 0 Å². The Kier molecular flexibility index (Phi) is 7.36. The fourth-order valence-corrected chi connectivity index (χ4v) is 4.06. The van der Waals surface area contributed by atoms with Gasteiger partial charge in [0.15, 0.2) is 5.69 Å². The monoisotopic (exact) mass is 407 g/mol. The third kappa shape index (κ3) is 4.60. The summed E-state index contributed by atoms with van der Waals surface area (Å²) in [6.45, 7) is 7.74. The summed E-state index contributed by atoms with van der Waals surface area (Å²) in [5, 5.41) is 0. The Bertz CT molecular complexity index is 1030. The van der Waals surface area contributed by atoms with Gasteiger partial charge in [0.25, 0.3) is 5.56 Å². The highest BCUT2D eigenvalue weighted by atomic mass is 16.5. The predicted molar refractivity (Wildman–Crippen MR) is 123 cm³/mol. The molecule has 0 bridgehead atoms. The van der Waals surface area contributed by atoms with Gasteiger partial charge in [-0.05, 0) is 63.0 Å². The zero-order valence-corrected chi connectivity index (χ0v) is 17.5.